The fraction of sp³-hybridized carbons (Fsp3) is 1.00. The Balaban J connectivity index is 3.05. The Labute approximate surface area is 94.9 Å². The molecule has 0 aliphatic rings. The van der Waals surface area contributed by atoms with Gasteiger partial charge in [-0.05, 0) is 40.0 Å². The molecule has 0 aromatic rings. The van der Waals surface area contributed by atoms with Gasteiger partial charge in [-0.3, -0.25) is 0 Å². The molecule has 0 spiro atoms. The SMILES string of the molecule is CN(C)CCCCNCCOCC(F)(F)F. The third-order valence-electron chi connectivity index (χ3n) is 1.90. The van der Waals surface area contributed by atoms with Crippen LogP contribution in [-0.4, -0.2) is 58.0 Å². The monoisotopic (exact) mass is 242 g/mol. The van der Waals surface area contributed by atoms with Crippen LogP contribution in [0.1, 0.15) is 12.8 Å². The van der Waals surface area contributed by atoms with Gasteiger partial charge in [0.2, 0.25) is 0 Å². The molecule has 0 amide bonds. The smallest absolute Gasteiger partial charge is 0.371 e. The number of nitrogens with zero attached hydrogens (tertiary/aromatic N) is 1. The summed E-state index contributed by atoms with van der Waals surface area (Å²) in [5.41, 5.74) is 0. The van der Waals surface area contributed by atoms with Crippen LogP contribution in [0.5, 0.6) is 0 Å². The van der Waals surface area contributed by atoms with E-state index in [2.05, 4.69) is 15.0 Å². The van der Waals surface area contributed by atoms with E-state index >= 15 is 0 Å². The highest BCUT2D eigenvalue weighted by Gasteiger charge is 2.27. The summed E-state index contributed by atoms with van der Waals surface area (Å²) < 4.78 is 39.4. The predicted octanol–water partition coefficient (Wildman–Crippen LogP) is 1.50. The molecule has 0 aliphatic carbocycles. The zero-order chi connectivity index (χ0) is 12.4. The summed E-state index contributed by atoms with van der Waals surface area (Å²) in [6.45, 7) is 1.27. The third-order valence-corrected chi connectivity index (χ3v) is 1.90. The number of ether oxygens (including phenoxy) is 1. The number of halogens is 3. The average Bonchev–Trinajstić information content (AvgIpc) is 2.13. The Hall–Kier alpha value is -0.330. The van der Waals surface area contributed by atoms with Gasteiger partial charge in [0.15, 0.2) is 0 Å². The third kappa shape index (κ3) is 13.7. The fourth-order valence-electron chi connectivity index (χ4n) is 1.14. The van der Waals surface area contributed by atoms with Gasteiger partial charge in [-0.2, -0.15) is 13.2 Å². The number of unbranched alkanes of at least 4 members (excludes halogenated alkanes) is 1. The van der Waals surface area contributed by atoms with E-state index in [9.17, 15) is 13.2 Å². The molecule has 0 aliphatic heterocycles. The van der Waals surface area contributed by atoms with Crippen LogP contribution < -0.4 is 5.32 Å². The van der Waals surface area contributed by atoms with Crippen LogP contribution in [0.25, 0.3) is 0 Å². The molecule has 0 heterocycles. The first kappa shape index (κ1) is 15.7. The van der Waals surface area contributed by atoms with Gasteiger partial charge in [0.1, 0.15) is 6.61 Å². The highest BCUT2D eigenvalue weighted by molar-refractivity contribution is 4.51. The van der Waals surface area contributed by atoms with Crippen molar-refractivity contribution in [1.29, 1.82) is 0 Å². The van der Waals surface area contributed by atoms with Crippen molar-refractivity contribution in [2.45, 2.75) is 19.0 Å². The van der Waals surface area contributed by atoms with Gasteiger partial charge in [0.25, 0.3) is 0 Å². The zero-order valence-electron chi connectivity index (χ0n) is 9.94. The summed E-state index contributed by atoms with van der Waals surface area (Å²) in [6, 6.07) is 0. The van der Waals surface area contributed by atoms with Crippen LogP contribution in [-0.2, 0) is 4.74 Å². The zero-order valence-corrected chi connectivity index (χ0v) is 9.94. The van der Waals surface area contributed by atoms with Gasteiger partial charge in [-0.15, -0.1) is 0 Å². The topological polar surface area (TPSA) is 24.5 Å². The highest BCUT2D eigenvalue weighted by Crippen LogP contribution is 2.13. The van der Waals surface area contributed by atoms with Crippen LogP contribution >= 0.6 is 0 Å². The van der Waals surface area contributed by atoms with E-state index in [1.807, 2.05) is 14.1 Å². The van der Waals surface area contributed by atoms with Gasteiger partial charge >= 0.3 is 6.18 Å². The molecule has 0 saturated carbocycles. The minimum atomic E-state index is -4.22. The van der Waals surface area contributed by atoms with Crippen molar-refractivity contribution >= 4 is 0 Å². The van der Waals surface area contributed by atoms with Gasteiger partial charge in [0, 0.05) is 6.54 Å². The summed E-state index contributed by atoms with van der Waals surface area (Å²) in [5, 5.41) is 3.03. The van der Waals surface area contributed by atoms with Crippen molar-refractivity contribution in [3.63, 3.8) is 0 Å². The van der Waals surface area contributed by atoms with Gasteiger partial charge < -0.3 is 15.0 Å². The van der Waals surface area contributed by atoms with Crippen LogP contribution in [0.3, 0.4) is 0 Å². The molecule has 98 valence electrons. The van der Waals surface area contributed by atoms with Crippen LogP contribution in [0.15, 0.2) is 0 Å². The van der Waals surface area contributed by atoms with E-state index < -0.39 is 12.8 Å². The Kier molecular flexibility index (Phi) is 8.60. The Morgan fingerprint density at radius 1 is 1.12 bits per heavy atom. The second-order valence-corrected chi connectivity index (χ2v) is 3.93. The summed E-state index contributed by atoms with van der Waals surface area (Å²) in [7, 11) is 4.02. The minimum Gasteiger partial charge on any atom is -0.371 e. The number of rotatable bonds is 9. The normalized spacial score (nSPS) is 12.4. The fourth-order valence-corrected chi connectivity index (χ4v) is 1.14. The van der Waals surface area contributed by atoms with E-state index in [-0.39, 0.29) is 6.61 Å². The van der Waals surface area contributed by atoms with Crippen LogP contribution in [0, 0.1) is 0 Å². The predicted molar refractivity (Wildman–Crippen MR) is 57.5 cm³/mol. The lowest BCUT2D eigenvalue weighted by molar-refractivity contribution is -0.173. The molecule has 16 heavy (non-hydrogen) atoms. The first-order valence-electron chi connectivity index (χ1n) is 5.42. The molecule has 0 atom stereocenters. The molecule has 0 aromatic heterocycles. The lowest BCUT2D eigenvalue weighted by atomic mass is 10.3. The summed E-state index contributed by atoms with van der Waals surface area (Å²) >= 11 is 0. The van der Waals surface area contributed by atoms with Crippen molar-refractivity contribution < 1.29 is 17.9 Å². The first-order chi connectivity index (χ1) is 7.42. The molecule has 0 rings (SSSR count). The van der Waals surface area contributed by atoms with Crippen molar-refractivity contribution in [2.75, 3.05) is 46.9 Å². The molecule has 0 fully saturated rings. The second kappa shape index (κ2) is 8.78. The van der Waals surface area contributed by atoms with Crippen molar-refractivity contribution in [3.8, 4) is 0 Å². The first-order valence-corrected chi connectivity index (χ1v) is 5.42. The molecule has 3 nitrogen and oxygen atoms in total. The van der Waals surface area contributed by atoms with Crippen LogP contribution in [0.4, 0.5) is 13.2 Å². The van der Waals surface area contributed by atoms with Crippen LogP contribution in [0.2, 0.25) is 0 Å². The summed E-state index contributed by atoms with van der Waals surface area (Å²) in [5.74, 6) is 0. The van der Waals surface area contributed by atoms with Gasteiger partial charge in [-0.1, -0.05) is 0 Å². The largest absolute Gasteiger partial charge is 0.411 e. The van der Waals surface area contributed by atoms with Crippen molar-refractivity contribution in [1.82, 2.24) is 10.2 Å². The van der Waals surface area contributed by atoms with E-state index in [0.29, 0.717) is 6.54 Å². The molecule has 6 heteroatoms. The lowest BCUT2D eigenvalue weighted by Crippen LogP contribution is -2.25. The highest BCUT2D eigenvalue weighted by atomic mass is 19.4. The van der Waals surface area contributed by atoms with Crippen molar-refractivity contribution in [2.24, 2.45) is 0 Å². The maximum absolute atomic E-state index is 11.7. The Morgan fingerprint density at radius 3 is 2.38 bits per heavy atom. The molecule has 0 radical (unpaired) electrons. The summed E-state index contributed by atoms with van der Waals surface area (Å²) in [4.78, 5) is 2.10. The second-order valence-electron chi connectivity index (χ2n) is 3.93. The van der Waals surface area contributed by atoms with E-state index in [0.717, 1.165) is 25.9 Å². The average molecular weight is 242 g/mol. The van der Waals surface area contributed by atoms with Crippen molar-refractivity contribution in [3.05, 3.63) is 0 Å². The maximum atomic E-state index is 11.7. The standard InChI is InChI=1S/C10H21F3N2O/c1-15(2)7-4-3-5-14-6-8-16-9-10(11,12)13/h14H,3-9H2,1-2H3. The Morgan fingerprint density at radius 2 is 1.81 bits per heavy atom. The number of hydrogen-bond acceptors (Lipinski definition) is 3. The molecule has 0 bridgehead atoms. The van der Waals surface area contributed by atoms with Gasteiger partial charge in [0.05, 0.1) is 6.61 Å². The molecule has 0 unspecified atom stereocenters. The quantitative estimate of drug-likeness (QED) is 0.620. The minimum absolute atomic E-state index is 0.104. The summed E-state index contributed by atoms with van der Waals surface area (Å²) in [6.07, 6.45) is -2.10. The number of nitrogens with one attached hydrogen (secondary N) is 1. The van der Waals surface area contributed by atoms with Gasteiger partial charge in [-0.25, -0.2) is 0 Å². The molecule has 0 saturated heterocycles. The molecular formula is C10H21F3N2O. The molecule has 0 aromatic carbocycles. The Bertz CT molecular complexity index is 163. The number of hydrogen-bond donors (Lipinski definition) is 1. The number of alkyl halides is 3. The van der Waals surface area contributed by atoms with E-state index in [1.165, 1.54) is 0 Å². The lowest BCUT2D eigenvalue weighted by Gasteiger charge is -2.10. The van der Waals surface area contributed by atoms with E-state index in [4.69, 9.17) is 0 Å². The van der Waals surface area contributed by atoms with E-state index in [1.54, 1.807) is 0 Å². The molecular weight excluding hydrogens is 221 g/mol. The maximum Gasteiger partial charge on any atom is 0.411 e. The molecule has 1 N–H and O–H groups in total.